The molecular weight excluding hydrogens is 323 g/mol. The van der Waals surface area contributed by atoms with Crippen LogP contribution < -0.4 is 0 Å². The van der Waals surface area contributed by atoms with Gasteiger partial charge in [-0.15, -0.1) is 0 Å². The largest absolute Gasteiger partial charge is 0.328 e. The molecule has 2 aromatic rings. The van der Waals surface area contributed by atoms with Crippen LogP contribution in [0.1, 0.15) is 36.2 Å². The summed E-state index contributed by atoms with van der Waals surface area (Å²) in [7, 11) is -3.69. The van der Waals surface area contributed by atoms with E-state index in [9.17, 15) is 14.3 Å². The third kappa shape index (κ3) is 4.41. The second-order valence-corrected chi connectivity index (χ2v) is 7.90. The predicted octanol–water partition coefficient (Wildman–Crippen LogP) is 4.44. The van der Waals surface area contributed by atoms with Crippen LogP contribution in [-0.4, -0.2) is 23.4 Å². The smallest absolute Gasteiger partial charge is 0.324 e. The molecule has 2 atom stereocenters. The highest BCUT2D eigenvalue weighted by Crippen LogP contribution is 2.46. The zero-order chi connectivity index (χ0) is 17.6. The van der Waals surface area contributed by atoms with Gasteiger partial charge >= 0.3 is 7.60 Å². The first kappa shape index (κ1) is 18.6. The Morgan fingerprint density at radius 1 is 1.08 bits per heavy atom. The van der Waals surface area contributed by atoms with E-state index in [1.165, 1.54) is 0 Å². The molecule has 0 heterocycles. The first-order valence-corrected chi connectivity index (χ1v) is 9.77. The van der Waals surface area contributed by atoms with Crippen LogP contribution in [0.15, 0.2) is 60.7 Å². The number of hydrogen-bond donors (Lipinski definition) is 1. The molecule has 0 spiro atoms. The molecule has 0 aliphatic heterocycles. The fourth-order valence-electron chi connectivity index (χ4n) is 2.73. The van der Waals surface area contributed by atoms with Gasteiger partial charge in [-0.3, -0.25) is 9.36 Å². The van der Waals surface area contributed by atoms with Crippen LogP contribution in [0.4, 0.5) is 0 Å². The average Bonchev–Trinajstić information content (AvgIpc) is 2.60. The Bertz CT molecular complexity index is 715. The van der Waals surface area contributed by atoms with Gasteiger partial charge in [-0.2, -0.15) is 0 Å². The molecular formula is C19H23O4P. The van der Waals surface area contributed by atoms with Gasteiger partial charge in [0.15, 0.2) is 5.78 Å². The molecule has 5 heteroatoms. The van der Waals surface area contributed by atoms with Crippen molar-refractivity contribution in [1.29, 1.82) is 0 Å². The molecule has 4 nitrogen and oxygen atoms in total. The molecule has 0 saturated heterocycles. The van der Waals surface area contributed by atoms with Crippen molar-refractivity contribution >= 4 is 13.4 Å². The van der Waals surface area contributed by atoms with E-state index in [0.717, 1.165) is 5.56 Å². The van der Waals surface area contributed by atoms with Crippen molar-refractivity contribution < 1.29 is 18.8 Å². The summed E-state index contributed by atoms with van der Waals surface area (Å²) >= 11 is 0. The molecule has 128 valence electrons. The molecule has 2 aromatic carbocycles. The monoisotopic (exact) mass is 346 g/mol. The van der Waals surface area contributed by atoms with Crippen molar-refractivity contribution in [1.82, 2.24) is 0 Å². The lowest BCUT2D eigenvalue weighted by molar-refractivity contribution is 0.0891. The number of benzene rings is 2. The van der Waals surface area contributed by atoms with Crippen molar-refractivity contribution in [3.05, 3.63) is 71.8 Å². The third-order valence-corrected chi connectivity index (χ3v) is 5.62. The van der Waals surface area contributed by atoms with Crippen LogP contribution >= 0.6 is 7.60 Å². The lowest BCUT2D eigenvalue weighted by Gasteiger charge is -2.29. The summed E-state index contributed by atoms with van der Waals surface area (Å²) in [5.74, 6) is -0.0641. The van der Waals surface area contributed by atoms with Gasteiger partial charge in [0.25, 0.3) is 0 Å². The summed E-state index contributed by atoms with van der Waals surface area (Å²) in [5.41, 5.74) is 0.529. The number of hydrogen-bond acceptors (Lipinski definition) is 3. The zero-order valence-corrected chi connectivity index (χ0v) is 14.9. The summed E-state index contributed by atoms with van der Waals surface area (Å²) < 4.78 is 17.0. The highest BCUT2D eigenvalue weighted by molar-refractivity contribution is 7.52. The Morgan fingerprint density at radius 2 is 1.62 bits per heavy atom. The van der Waals surface area contributed by atoms with Crippen molar-refractivity contribution in [2.45, 2.75) is 25.7 Å². The van der Waals surface area contributed by atoms with Crippen LogP contribution in [-0.2, 0) is 14.5 Å². The summed E-state index contributed by atoms with van der Waals surface area (Å²) in [4.78, 5) is 23.0. The summed E-state index contributed by atoms with van der Waals surface area (Å²) in [5, 5.41) is 0. The average molecular weight is 346 g/mol. The minimum Gasteiger partial charge on any atom is -0.324 e. The lowest BCUT2D eigenvalue weighted by atomic mass is 9.74. The van der Waals surface area contributed by atoms with Gasteiger partial charge in [-0.1, -0.05) is 60.7 Å². The van der Waals surface area contributed by atoms with Gasteiger partial charge in [0.2, 0.25) is 0 Å². The second kappa shape index (κ2) is 7.89. The van der Waals surface area contributed by atoms with E-state index in [2.05, 4.69) is 0 Å². The molecule has 2 rings (SSSR count). The van der Waals surface area contributed by atoms with E-state index >= 15 is 0 Å². The van der Waals surface area contributed by atoms with Crippen LogP contribution in [0.5, 0.6) is 0 Å². The van der Waals surface area contributed by atoms with Crippen LogP contribution in [0.25, 0.3) is 0 Å². The SMILES string of the molecule is CCOP(=O)(O)CCC(C)(C(=O)c1ccccc1)c1ccccc1. The standard InChI is InChI=1S/C19H23O4P/c1-3-23-24(21,22)15-14-19(2,17-12-8-5-9-13-17)18(20)16-10-6-4-7-11-16/h4-13H,3,14-15H2,1-2H3,(H,21,22). The zero-order valence-electron chi connectivity index (χ0n) is 14.0. The van der Waals surface area contributed by atoms with Crippen molar-refractivity contribution in [3.8, 4) is 0 Å². The highest BCUT2D eigenvalue weighted by atomic mass is 31.2. The topological polar surface area (TPSA) is 63.6 Å². The van der Waals surface area contributed by atoms with E-state index in [1.807, 2.05) is 55.5 Å². The van der Waals surface area contributed by atoms with Crippen molar-refractivity contribution in [2.75, 3.05) is 12.8 Å². The van der Waals surface area contributed by atoms with Gasteiger partial charge in [0.1, 0.15) is 0 Å². The molecule has 0 saturated carbocycles. The van der Waals surface area contributed by atoms with Gasteiger partial charge in [-0.05, 0) is 25.8 Å². The first-order valence-electron chi connectivity index (χ1n) is 8.01. The molecule has 1 N–H and O–H groups in total. The Hall–Kier alpha value is -1.74. The fraction of sp³-hybridized carbons (Fsp3) is 0.316. The molecule has 24 heavy (non-hydrogen) atoms. The quantitative estimate of drug-likeness (QED) is 0.567. The summed E-state index contributed by atoms with van der Waals surface area (Å²) in [6.45, 7) is 3.67. The summed E-state index contributed by atoms with van der Waals surface area (Å²) in [6.07, 6.45) is 0.170. The Morgan fingerprint density at radius 3 is 2.17 bits per heavy atom. The van der Waals surface area contributed by atoms with Gasteiger partial charge in [-0.25, -0.2) is 0 Å². The van der Waals surface area contributed by atoms with E-state index in [4.69, 9.17) is 4.52 Å². The second-order valence-electron chi connectivity index (χ2n) is 5.92. The number of Topliss-reactive ketones (excluding diaryl/α,β-unsaturated/α-hetero) is 1. The van der Waals surface area contributed by atoms with Crippen molar-refractivity contribution in [3.63, 3.8) is 0 Å². The normalized spacial score (nSPS) is 16.1. The predicted molar refractivity (Wildman–Crippen MR) is 95.5 cm³/mol. The molecule has 2 unspecified atom stereocenters. The molecule has 0 aliphatic carbocycles. The molecule has 0 fully saturated rings. The number of carbonyl (C=O) groups excluding carboxylic acids is 1. The van der Waals surface area contributed by atoms with E-state index < -0.39 is 13.0 Å². The highest BCUT2D eigenvalue weighted by Gasteiger charge is 2.37. The van der Waals surface area contributed by atoms with Crippen LogP contribution in [0.3, 0.4) is 0 Å². The fourth-order valence-corrected chi connectivity index (χ4v) is 4.00. The Balaban J connectivity index is 2.36. The van der Waals surface area contributed by atoms with Crippen LogP contribution in [0.2, 0.25) is 0 Å². The van der Waals surface area contributed by atoms with Gasteiger partial charge < -0.3 is 9.42 Å². The van der Waals surface area contributed by atoms with Crippen LogP contribution in [0, 0.1) is 0 Å². The van der Waals surface area contributed by atoms with Crippen molar-refractivity contribution in [2.24, 2.45) is 0 Å². The Kier molecular flexibility index (Phi) is 6.11. The molecule has 0 aliphatic rings. The molecule has 0 radical (unpaired) electrons. The van der Waals surface area contributed by atoms with Gasteiger partial charge in [0, 0.05) is 5.56 Å². The number of carbonyl (C=O) groups is 1. The Labute approximate surface area is 143 Å². The summed E-state index contributed by atoms with van der Waals surface area (Å²) in [6, 6.07) is 18.4. The maximum absolute atomic E-state index is 13.1. The lowest BCUT2D eigenvalue weighted by Crippen LogP contribution is -2.34. The molecule has 0 aromatic heterocycles. The van der Waals surface area contributed by atoms with Gasteiger partial charge in [0.05, 0.1) is 18.2 Å². The number of rotatable bonds is 8. The van der Waals surface area contributed by atoms with E-state index in [0.29, 0.717) is 5.56 Å². The maximum Gasteiger partial charge on any atom is 0.328 e. The molecule has 0 bridgehead atoms. The maximum atomic E-state index is 13.1. The number of ketones is 1. The minimum absolute atomic E-state index is 0.0641. The third-order valence-electron chi connectivity index (χ3n) is 4.17. The first-order chi connectivity index (χ1) is 11.4. The minimum atomic E-state index is -3.69. The van der Waals surface area contributed by atoms with E-state index in [-0.39, 0.29) is 25.0 Å². The van der Waals surface area contributed by atoms with E-state index in [1.54, 1.807) is 19.1 Å². The molecule has 0 amide bonds.